The van der Waals surface area contributed by atoms with Gasteiger partial charge in [-0.2, -0.15) is 0 Å². The van der Waals surface area contributed by atoms with Gasteiger partial charge in [-0.25, -0.2) is 0 Å². The highest BCUT2D eigenvalue weighted by molar-refractivity contribution is 6.74. The molecule has 0 unspecified atom stereocenters. The van der Waals surface area contributed by atoms with E-state index in [1.54, 1.807) is 14.2 Å². The Hall–Kier alpha value is -3.37. The maximum Gasteiger partial charge on any atom is 0.194 e. The fourth-order valence-corrected chi connectivity index (χ4v) is 6.70. The number of rotatable bonds is 11. The molecule has 0 aromatic heterocycles. The number of aromatic hydroxyl groups is 1. The van der Waals surface area contributed by atoms with Gasteiger partial charge < -0.3 is 33.2 Å². The average molecular weight is 623 g/mol. The summed E-state index contributed by atoms with van der Waals surface area (Å²) < 4.78 is 36.0. The van der Waals surface area contributed by atoms with E-state index >= 15 is 0 Å². The SMILES string of the molecule is C/C=C/c1c(C)cc2c(OC)c3c(c(O)c2c1OCOC)C(=O)[C@@H](O[Si](C)(C)C(C)(C)C)C[C@@H]3OCc1ccc(OC)cc1. The molecule has 0 fully saturated rings. The molecule has 0 saturated heterocycles. The summed E-state index contributed by atoms with van der Waals surface area (Å²) >= 11 is 0. The van der Waals surface area contributed by atoms with E-state index in [1.807, 2.05) is 56.3 Å². The number of carbonyl (C=O) groups is 1. The molecule has 0 spiro atoms. The van der Waals surface area contributed by atoms with Crippen molar-refractivity contribution in [1.29, 1.82) is 0 Å². The van der Waals surface area contributed by atoms with Gasteiger partial charge in [-0.3, -0.25) is 4.79 Å². The Bertz CT molecular complexity index is 1540. The largest absolute Gasteiger partial charge is 0.506 e. The summed E-state index contributed by atoms with van der Waals surface area (Å²) in [5.41, 5.74) is 3.29. The smallest absolute Gasteiger partial charge is 0.194 e. The number of Topliss-reactive ketones (excluding diaryl/α,β-unsaturated/α-hetero) is 1. The third-order valence-corrected chi connectivity index (χ3v) is 13.2. The Labute approximate surface area is 262 Å². The standard InChI is InChI=1S/C35H46O8Si/c1-11-12-24-21(2)17-25-28(34(24)42-20-38-6)32(37)30-29(33(25)40-8)26(41-19-22-13-15-23(39-7)16-14-22)18-27(31(30)36)43-44(9,10)35(3,4)5/h11-17,26-27,37H,18-20H2,1-10H3/b12-11+/t26-,27-/m0/s1. The normalized spacial score (nSPS) is 17.3. The molecule has 8 nitrogen and oxygen atoms in total. The van der Waals surface area contributed by atoms with Crippen LogP contribution in [0.15, 0.2) is 36.4 Å². The Kier molecular flexibility index (Phi) is 10.1. The monoisotopic (exact) mass is 622 g/mol. The average Bonchev–Trinajstić information content (AvgIpc) is 2.97. The van der Waals surface area contributed by atoms with Crippen molar-refractivity contribution in [3.8, 4) is 23.0 Å². The molecular formula is C35H46O8Si. The van der Waals surface area contributed by atoms with Crippen molar-refractivity contribution in [2.24, 2.45) is 0 Å². The van der Waals surface area contributed by atoms with Crippen LogP contribution in [0.5, 0.6) is 23.0 Å². The maximum atomic E-state index is 14.4. The summed E-state index contributed by atoms with van der Waals surface area (Å²) in [6.45, 7) is 14.8. The predicted molar refractivity (Wildman–Crippen MR) is 176 cm³/mol. The predicted octanol–water partition coefficient (Wildman–Crippen LogP) is 8.12. The van der Waals surface area contributed by atoms with Gasteiger partial charge in [0.1, 0.15) is 29.1 Å². The van der Waals surface area contributed by atoms with Crippen molar-refractivity contribution < 1.29 is 38.0 Å². The summed E-state index contributed by atoms with van der Waals surface area (Å²) in [5.74, 6) is 1.15. The molecule has 1 N–H and O–H groups in total. The van der Waals surface area contributed by atoms with Gasteiger partial charge in [0.2, 0.25) is 0 Å². The summed E-state index contributed by atoms with van der Waals surface area (Å²) in [5, 5.41) is 12.9. The highest BCUT2D eigenvalue weighted by Crippen LogP contribution is 2.53. The lowest BCUT2D eigenvalue weighted by atomic mass is 9.82. The minimum absolute atomic E-state index is 0.0411. The zero-order chi connectivity index (χ0) is 32.4. The van der Waals surface area contributed by atoms with Crippen molar-refractivity contribution in [3.63, 3.8) is 0 Å². The second-order valence-corrected chi connectivity index (χ2v) is 17.5. The van der Waals surface area contributed by atoms with Crippen LogP contribution in [0.4, 0.5) is 0 Å². The first-order valence-electron chi connectivity index (χ1n) is 14.9. The van der Waals surface area contributed by atoms with Crippen molar-refractivity contribution in [1.82, 2.24) is 0 Å². The number of aryl methyl sites for hydroxylation is 1. The second-order valence-electron chi connectivity index (χ2n) is 12.7. The van der Waals surface area contributed by atoms with Crippen LogP contribution in [0.2, 0.25) is 18.1 Å². The van der Waals surface area contributed by atoms with Gasteiger partial charge >= 0.3 is 0 Å². The van der Waals surface area contributed by atoms with Gasteiger partial charge in [-0.1, -0.05) is 45.1 Å². The summed E-state index contributed by atoms with van der Waals surface area (Å²) in [7, 11) is 2.35. The maximum absolute atomic E-state index is 14.4. The molecule has 238 valence electrons. The Morgan fingerprint density at radius 3 is 2.27 bits per heavy atom. The minimum atomic E-state index is -2.38. The number of ketones is 1. The number of fused-ring (bicyclic) bond motifs is 2. The van der Waals surface area contributed by atoms with E-state index < -0.39 is 20.5 Å². The van der Waals surface area contributed by atoms with Crippen molar-refractivity contribution in [2.45, 2.75) is 78.0 Å². The number of ether oxygens (including phenoxy) is 5. The van der Waals surface area contributed by atoms with E-state index in [0.717, 1.165) is 22.4 Å². The molecule has 1 aliphatic carbocycles. The molecular weight excluding hydrogens is 576 g/mol. The van der Waals surface area contributed by atoms with Crippen LogP contribution >= 0.6 is 0 Å². The summed E-state index contributed by atoms with van der Waals surface area (Å²) in [4.78, 5) is 14.4. The third kappa shape index (κ3) is 6.37. The van der Waals surface area contributed by atoms with Crippen LogP contribution in [-0.2, 0) is 20.5 Å². The Balaban J connectivity index is 1.97. The fourth-order valence-electron chi connectivity index (χ4n) is 5.43. The van der Waals surface area contributed by atoms with Crippen LogP contribution in [0.25, 0.3) is 16.8 Å². The number of allylic oxidation sites excluding steroid dienone is 1. The number of benzene rings is 3. The number of carbonyl (C=O) groups excluding carboxylic acids is 1. The first kappa shape index (κ1) is 33.5. The lowest BCUT2D eigenvalue weighted by Crippen LogP contribution is -2.47. The van der Waals surface area contributed by atoms with Crippen molar-refractivity contribution in [3.05, 3.63) is 64.2 Å². The second kappa shape index (κ2) is 13.3. The molecule has 0 aliphatic heterocycles. The van der Waals surface area contributed by atoms with E-state index in [0.29, 0.717) is 34.3 Å². The molecule has 0 bridgehead atoms. The zero-order valence-electron chi connectivity index (χ0n) is 27.6. The Morgan fingerprint density at radius 2 is 1.70 bits per heavy atom. The van der Waals surface area contributed by atoms with E-state index in [1.165, 1.54) is 7.11 Å². The van der Waals surface area contributed by atoms with E-state index in [-0.39, 0.29) is 35.5 Å². The van der Waals surface area contributed by atoms with Crippen molar-refractivity contribution in [2.75, 3.05) is 28.1 Å². The topological polar surface area (TPSA) is 92.7 Å². The highest BCUT2D eigenvalue weighted by atomic mass is 28.4. The van der Waals surface area contributed by atoms with Gasteiger partial charge in [0.05, 0.1) is 37.9 Å². The number of methoxy groups -OCH3 is 3. The molecule has 3 aromatic rings. The molecule has 2 atom stereocenters. The number of phenolic OH excluding ortho intramolecular Hbond substituents is 1. The molecule has 4 rings (SSSR count). The highest BCUT2D eigenvalue weighted by Gasteiger charge is 2.46. The lowest BCUT2D eigenvalue weighted by Gasteiger charge is -2.41. The molecule has 0 saturated carbocycles. The van der Waals surface area contributed by atoms with Crippen LogP contribution in [0.1, 0.15) is 72.8 Å². The third-order valence-electron chi connectivity index (χ3n) is 8.76. The van der Waals surface area contributed by atoms with E-state index in [4.69, 9.17) is 28.1 Å². The molecule has 0 radical (unpaired) electrons. The first-order chi connectivity index (χ1) is 20.8. The summed E-state index contributed by atoms with van der Waals surface area (Å²) in [6.07, 6.45) is 2.71. The summed E-state index contributed by atoms with van der Waals surface area (Å²) in [6, 6.07) is 9.60. The van der Waals surface area contributed by atoms with Gasteiger partial charge in [-0.05, 0) is 61.3 Å². The quantitative estimate of drug-likeness (QED) is 0.169. The van der Waals surface area contributed by atoms with Crippen LogP contribution in [-0.4, -0.2) is 53.4 Å². The van der Waals surface area contributed by atoms with E-state index in [2.05, 4.69) is 33.9 Å². The lowest BCUT2D eigenvalue weighted by molar-refractivity contribution is -0.000528. The Morgan fingerprint density at radius 1 is 1.02 bits per heavy atom. The van der Waals surface area contributed by atoms with Crippen molar-refractivity contribution >= 4 is 30.9 Å². The van der Waals surface area contributed by atoms with Gasteiger partial charge in [0, 0.05) is 30.0 Å². The van der Waals surface area contributed by atoms with Gasteiger partial charge in [0.15, 0.2) is 20.9 Å². The minimum Gasteiger partial charge on any atom is -0.506 e. The molecule has 44 heavy (non-hydrogen) atoms. The molecule has 3 aromatic carbocycles. The van der Waals surface area contributed by atoms with Gasteiger partial charge in [0.25, 0.3) is 0 Å². The van der Waals surface area contributed by atoms with Crippen LogP contribution in [0.3, 0.4) is 0 Å². The molecule has 0 heterocycles. The van der Waals surface area contributed by atoms with Crippen LogP contribution < -0.4 is 14.2 Å². The number of hydrogen-bond donors (Lipinski definition) is 1. The fraction of sp³-hybridized carbons (Fsp3) is 0.457. The zero-order valence-corrected chi connectivity index (χ0v) is 28.6. The number of phenols is 1. The molecule has 0 amide bonds. The van der Waals surface area contributed by atoms with Gasteiger partial charge in [-0.15, -0.1) is 0 Å². The van der Waals surface area contributed by atoms with Crippen LogP contribution in [0, 0.1) is 6.92 Å². The first-order valence-corrected chi connectivity index (χ1v) is 17.8. The number of hydrogen-bond acceptors (Lipinski definition) is 8. The molecule has 9 heteroatoms. The molecule has 1 aliphatic rings. The van der Waals surface area contributed by atoms with E-state index in [9.17, 15) is 9.90 Å².